The van der Waals surface area contributed by atoms with Gasteiger partial charge in [-0.1, -0.05) is 46.4 Å². The number of halogens is 5. The molecule has 1 saturated heterocycles. The molecule has 96 valence electrons. The molecule has 0 spiro atoms. The summed E-state index contributed by atoms with van der Waals surface area (Å²) in [6.45, 7) is 2.13. The highest BCUT2D eigenvalue weighted by atomic mass is 35.5. The number of hydrogen-bond acceptors (Lipinski definition) is 3. The zero-order chi connectivity index (χ0) is 13.0. The van der Waals surface area contributed by atoms with Crippen molar-refractivity contribution in [3.63, 3.8) is 0 Å². The van der Waals surface area contributed by atoms with Crippen LogP contribution in [0.2, 0.25) is 0 Å². The largest absolute Gasteiger partial charge is 0.466 e. The minimum absolute atomic E-state index is 0.0788. The zero-order valence-corrected chi connectivity index (χ0v) is 12.4. The average Bonchev–Trinajstić information content (AvgIpc) is 2.52. The number of hydrogen-bond donors (Lipinski definition) is 0. The number of fused-ring (bicyclic) bond motifs is 2. The van der Waals surface area contributed by atoms with E-state index in [1.54, 1.807) is 6.92 Å². The number of alkyl halides is 3. The third-order valence-electron chi connectivity index (χ3n) is 2.93. The molecule has 2 unspecified atom stereocenters. The SMILES string of the molecule is CCOC(=O)C1CN2C(Cl)=C(Cl)C1(Cl)C2(Cl)Cl. The summed E-state index contributed by atoms with van der Waals surface area (Å²) in [6, 6.07) is 0. The Morgan fingerprint density at radius 1 is 1.47 bits per heavy atom. The van der Waals surface area contributed by atoms with Crippen LogP contribution in [0.1, 0.15) is 6.92 Å². The summed E-state index contributed by atoms with van der Waals surface area (Å²) in [5.74, 6) is -1.23. The van der Waals surface area contributed by atoms with Crippen molar-refractivity contribution < 1.29 is 9.53 Å². The maximum Gasteiger partial charge on any atom is 0.313 e. The zero-order valence-electron chi connectivity index (χ0n) is 8.65. The van der Waals surface area contributed by atoms with Crippen LogP contribution in [0.3, 0.4) is 0 Å². The Hall–Kier alpha value is 0.460. The van der Waals surface area contributed by atoms with Gasteiger partial charge in [0.25, 0.3) is 0 Å². The minimum Gasteiger partial charge on any atom is -0.466 e. The van der Waals surface area contributed by atoms with Gasteiger partial charge in [-0.25, -0.2) is 0 Å². The van der Waals surface area contributed by atoms with Gasteiger partial charge in [-0.3, -0.25) is 4.79 Å². The Balaban J connectivity index is 2.42. The molecule has 2 atom stereocenters. The molecule has 3 nitrogen and oxygen atoms in total. The van der Waals surface area contributed by atoms with E-state index in [0.29, 0.717) is 0 Å². The van der Waals surface area contributed by atoms with Gasteiger partial charge in [0.2, 0.25) is 4.46 Å². The molecule has 2 aliphatic rings. The van der Waals surface area contributed by atoms with Crippen LogP contribution < -0.4 is 0 Å². The summed E-state index contributed by atoms with van der Waals surface area (Å²) < 4.78 is 3.39. The average molecular weight is 339 g/mol. The lowest BCUT2D eigenvalue weighted by Gasteiger charge is -2.30. The molecule has 0 aliphatic carbocycles. The molecule has 17 heavy (non-hydrogen) atoms. The quantitative estimate of drug-likeness (QED) is 0.439. The molecule has 2 heterocycles. The first-order valence-corrected chi connectivity index (χ1v) is 6.74. The fraction of sp³-hybridized carbons (Fsp3) is 0.667. The van der Waals surface area contributed by atoms with Crippen LogP contribution in [-0.4, -0.2) is 33.4 Å². The molecule has 0 aromatic carbocycles. The van der Waals surface area contributed by atoms with Crippen molar-refractivity contribution >= 4 is 64.0 Å². The number of carbonyl (C=O) groups excluding carboxylic acids is 1. The van der Waals surface area contributed by atoms with Crippen LogP contribution in [0.15, 0.2) is 10.2 Å². The smallest absolute Gasteiger partial charge is 0.313 e. The van der Waals surface area contributed by atoms with E-state index in [1.165, 1.54) is 4.90 Å². The number of nitrogens with zero attached hydrogens (tertiary/aromatic N) is 1. The molecule has 0 radical (unpaired) electrons. The molecule has 0 saturated carbocycles. The number of ether oxygens (including phenoxy) is 1. The highest BCUT2D eigenvalue weighted by Crippen LogP contribution is 2.64. The highest BCUT2D eigenvalue weighted by molar-refractivity contribution is 6.59. The van der Waals surface area contributed by atoms with Gasteiger partial charge in [-0.2, -0.15) is 0 Å². The molecular formula is C9H8Cl5NO2. The van der Waals surface area contributed by atoms with Crippen LogP contribution in [-0.2, 0) is 9.53 Å². The van der Waals surface area contributed by atoms with Gasteiger partial charge in [-0.05, 0) is 6.92 Å². The topological polar surface area (TPSA) is 29.5 Å². The first-order chi connectivity index (χ1) is 7.78. The second-order valence-corrected chi connectivity index (χ2v) is 6.39. The van der Waals surface area contributed by atoms with Crippen LogP contribution in [0.4, 0.5) is 0 Å². The third kappa shape index (κ3) is 1.59. The van der Waals surface area contributed by atoms with Crippen LogP contribution in [0.5, 0.6) is 0 Å². The Bertz CT molecular complexity index is 410. The summed E-state index contributed by atoms with van der Waals surface area (Å²) in [5, 5.41) is 0.252. The normalized spacial score (nSPS) is 34.5. The van der Waals surface area contributed by atoms with Gasteiger partial charge in [0, 0.05) is 6.54 Å². The van der Waals surface area contributed by atoms with E-state index in [0.717, 1.165) is 0 Å². The van der Waals surface area contributed by atoms with Gasteiger partial charge in [0.15, 0.2) is 0 Å². The van der Waals surface area contributed by atoms with E-state index in [1.807, 2.05) is 0 Å². The first-order valence-electron chi connectivity index (χ1n) is 4.85. The molecule has 0 N–H and O–H groups in total. The van der Waals surface area contributed by atoms with Crippen LogP contribution in [0.25, 0.3) is 0 Å². The Morgan fingerprint density at radius 2 is 2.06 bits per heavy atom. The number of esters is 1. The lowest BCUT2D eigenvalue weighted by molar-refractivity contribution is -0.148. The van der Waals surface area contributed by atoms with Crippen molar-refractivity contribution in [1.82, 2.24) is 4.90 Å². The fourth-order valence-corrected chi connectivity index (χ4v) is 4.12. The fourth-order valence-electron chi connectivity index (χ4n) is 2.07. The van der Waals surface area contributed by atoms with Crippen molar-refractivity contribution in [2.75, 3.05) is 13.2 Å². The Kier molecular flexibility index (Phi) is 3.46. The van der Waals surface area contributed by atoms with E-state index in [4.69, 9.17) is 62.7 Å². The molecule has 2 bridgehead atoms. The highest BCUT2D eigenvalue weighted by Gasteiger charge is 2.72. The summed E-state index contributed by atoms with van der Waals surface area (Å²) in [6.07, 6.45) is 0. The van der Waals surface area contributed by atoms with E-state index < -0.39 is 21.2 Å². The Morgan fingerprint density at radius 3 is 2.47 bits per heavy atom. The number of carbonyl (C=O) groups is 1. The van der Waals surface area contributed by atoms with Crippen LogP contribution in [0, 0.1) is 5.92 Å². The van der Waals surface area contributed by atoms with E-state index >= 15 is 0 Å². The maximum atomic E-state index is 11.8. The Labute approximate surface area is 124 Å². The molecule has 0 aromatic rings. The molecule has 8 heteroatoms. The minimum atomic E-state index is -1.54. The lowest BCUT2D eigenvalue weighted by Crippen LogP contribution is -2.45. The van der Waals surface area contributed by atoms with Gasteiger partial charge in [0.1, 0.15) is 15.9 Å². The summed E-state index contributed by atoms with van der Waals surface area (Å²) in [4.78, 5) is 11.7. The van der Waals surface area contributed by atoms with E-state index in [-0.39, 0.29) is 23.3 Å². The van der Waals surface area contributed by atoms with Crippen molar-refractivity contribution in [2.24, 2.45) is 5.92 Å². The summed E-state index contributed by atoms with van der Waals surface area (Å²) >= 11 is 30.6. The van der Waals surface area contributed by atoms with Crippen molar-refractivity contribution in [1.29, 1.82) is 0 Å². The van der Waals surface area contributed by atoms with E-state index in [9.17, 15) is 4.79 Å². The van der Waals surface area contributed by atoms with Crippen molar-refractivity contribution in [2.45, 2.75) is 16.3 Å². The molecule has 1 fully saturated rings. The molecule has 2 rings (SSSR count). The maximum absolute atomic E-state index is 11.8. The monoisotopic (exact) mass is 337 g/mol. The van der Waals surface area contributed by atoms with Crippen molar-refractivity contribution in [3.8, 4) is 0 Å². The van der Waals surface area contributed by atoms with Gasteiger partial charge < -0.3 is 9.64 Å². The van der Waals surface area contributed by atoms with E-state index in [2.05, 4.69) is 0 Å². The molecule has 0 aromatic heterocycles. The van der Waals surface area contributed by atoms with Crippen molar-refractivity contribution in [3.05, 3.63) is 10.2 Å². The van der Waals surface area contributed by atoms with Gasteiger partial charge in [-0.15, -0.1) is 11.6 Å². The van der Waals surface area contributed by atoms with Crippen LogP contribution >= 0.6 is 58.0 Å². The molecular weight excluding hydrogens is 331 g/mol. The summed E-state index contributed by atoms with van der Waals surface area (Å²) in [7, 11) is 0. The predicted molar refractivity (Wildman–Crippen MR) is 68.6 cm³/mol. The number of rotatable bonds is 2. The summed E-state index contributed by atoms with van der Waals surface area (Å²) in [5.41, 5.74) is 0. The second kappa shape index (κ2) is 4.24. The molecule has 0 amide bonds. The first kappa shape index (κ1) is 13.9. The standard InChI is InChI=1S/C9H8Cl5NO2/c1-2-17-7(16)4-3-15-6(11)5(10)8(4,12)9(15,13)14/h4H,2-3H2,1H3. The van der Waals surface area contributed by atoms with Gasteiger partial charge in [0.05, 0.1) is 11.6 Å². The third-order valence-corrected chi connectivity index (χ3v) is 5.92. The second-order valence-electron chi connectivity index (χ2n) is 3.77. The predicted octanol–water partition coefficient (Wildman–Crippen LogP) is 3.25. The lowest BCUT2D eigenvalue weighted by atomic mass is 9.94. The molecule has 2 aliphatic heterocycles. The van der Waals surface area contributed by atoms with Gasteiger partial charge >= 0.3 is 5.97 Å².